The van der Waals surface area contributed by atoms with E-state index in [4.69, 9.17) is 16.3 Å². The molecule has 24 heavy (non-hydrogen) atoms. The predicted octanol–water partition coefficient (Wildman–Crippen LogP) is 4.22. The monoisotopic (exact) mass is 346 g/mol. The molecular weight excluding hydrogens is 324 g/mol. The van der Waals surface area contributed by atoms with E-state index in [1.807, 2.05) is 57.2 Å². The predicted molar refractivity (Wildman–Crippen MR) is 97.7 cm³/mol. The van der Waals surface area contributed by atoms with Crippen LogP contribution in [0.15, 0.2) is 42.5 Å². The highest BCUT2D eigenvalue weighted by molar-refractivity contribution is 6.31. The van der Waals surface area contributed by atoms with E-state index in [1.165, 1.54) is 0 Å². The zero-order valence-corrected chi connectivity index (χ0v) is 15.0. The molecule has 0 aliphatic carbocycles. The number of hydrogen-bond donors (Lipinski definition) is 2. The van der Waals surface area contributed by atoms with Crippen LogP contribution in [0.3, 0.4) is 0 Å². The molecule has 2 amide bonds. The average molecular weight is 347 g/mol. The Bertz CT molecular complexity index is 683. The summed E-state index contributed by atoms with van der Waals surface area (Å²) in [6.07, 6.45) is 0. The van der Waals surface area contributed by atoms with E-state index < -0.39 is 0 Å². The lowest BCUT2D eigenvalue weighted by atomic mass is 10.1. The van der Waals surface area contributed by atoms with Gasteiger partial charge in [-0.2, -0.15) is 0 Å². The zero-order chi connectivity index (χ0) is 17.5. The Morgan fingerprint density at radius 3 is 2.46 bits per heavy atom. The lowest BCUT2D eigenvalue weighted by molar-refractivity contribution is 0.225. The third kappa shape index (κ3) is 5.17. The molecule has 2 aromatic rings. The summed E-state index contributed by atoms with van der Waals surface area (Å²) in [5, 5.41) is 6.31. The first-order chi connectivity index (χ1) is 11.5. The fourth-order valence-electron chi connectivity index (χ4n) is 2.37. The number of benzene rings is 2. The average Bonchev–Trinajstić information content (AvgIpc) is 2.53. The van der Waals surface area contributed by atoms with Gasteiger partial charge in [0, 0.05) is 11.6 Å². The molecule has 0 bridgehead atoms. The summed E-state index contributed by atoms with van der Waals surface area (Å²) in [4.78, 5) is 12.0. The number of para-hydroxylation sites is 1. The lowest BCUT2D eigenvalue weighted by Crippen LogP contribution is -2.43. The summed E-state index contributed by atoms with van der Waals surface area (Å²) in [6.45, 7) is 6.72. The van der Waals surface area contributed by atoms with Crippen molar-refractivity contribution >= 4 is 17.6 Å². The third-order valence-electron chi connectivity index (χ3n) is 3.66. The summed E-state index contributed by atoms with van der Waals surface area (Å²) in [5.74, 6) is 0.877. The van der Waals surface area contributed by atoms with E-state index in [-0.39, 0.29) is 12.1 Å². The number of rotatable bonds is 6. The number of halogens is 1. The molecule has 2 aromatic carbocycles. The van der Waals surface area contributed by atoms with Crippen molar-refractivity contribution in [2.75, 3.05) is 6.61 Å². The van der Waals surface area contributed by atoms with Gasteiger partial charge in [0.2, 0.25) is 0 Å². The van der Waals surface area contributed by atoms with Gasteiger partial charge in [-0.25, -0.2) is 4.79 Å². The van der Waals surface area contributed by atoms with Crippen molar-refractivity contribution in [3.8, 4) is 5.75 Å². The number of amides is 2. The molecule has 0 fully saturated rings. The molecule has 0 saturated carbocycles. The maximum atomic E-state index is 12.0. The van der Waals surface area contributed by atoms with Crippen LogP contribution >= 0.6 is 11.6 Å². The fraction of sp³-hybridized carbons (Fsp3) is 0.316. The maximum Gasteiger partial charge on any atom is 0.315 e. The molecule has 0 heterocycles. The highest BCUT2D eigenvalue weighted by atomic mass is 35.5. The molecule has 1 unspecified atom stereocenters. The molecule has 0 saturated heterocycles. The Morgan fingerprint density at radius 1 is 1.12 bits per heavy atom. The van der Waals surface area contributed by atoms with E-state index in [9.17, 15) is 4.79 Å². The number of hydrogen-bond acceptors (Lipinski definition) is 2. The van der Waals surface area contributed by atoms with Gasteiger partial charge >= 0.3 is 6.03 Å². The van der Waals surface area contributed by atoms with E-state index in [1.54, 1.807) is 6.07 Å². The van der Waals surface area contributed by atoms with Gasteiger partial charge in [0.05, 0.1) is 6.04 Å². The topological polar surface area (TPSA) is 50.4 Å². The Kier molecular flexibility index (Phi) is 6.50. The zero-order valence-electron chi connectivity index (χ0n) is 14.2. The van der Waals surface area contributed by atoms with Crippen LogP contribution in [-0.4, -0.2) is 18.7 Å². The second-order valence-corrected chi connectivity index (χ2v) is 6.26. The summed E-state index contributed by atoms with van der Waals surface area (Å²) in [6, 6.07) is 13.1. The number of urea groups is 1. The van der Waals surface area contributed by atoms with Crippen molar-refractivity contribution in [1.82, 2.24) is 10.6 Å². The molecule has 2 N–H and O–H groups in total. The molecule has 2 rings (SSSR count). The molecule has 0 radical (unpaired) electrons. The van der Waals surface area contributed by atoms with Gasteiger partial charge < -0.3 is 15.4 Å². The number of aryl methyl sites for hydroxylation is 2. The van der Waals surface area contributed by atoms with Crippen molar-refractivity contribution in [2.24, 2.45) is 0 Å². The SMILES string of the molecule is Cc1cccc(C)c1OCC(C)NC(=O)NCc1ccccc1Cl. The van der Waals surface area contributed by atoms with Gasteiger partial charge in [0.15, 0.2) is 0 Å². The minimum Gasteiger partial charge on any atom is -0.491 e. The van der Waals surface area contributed by atoms with Crippen LogP contribution in [-0.2, 0) is 6.54 Å². The molecule has 0 aliphatic heterocycles. The molecule has 128 valence electrons. The molecule has 0 spiro atoms. The summed E-state index contributed by atoms with van der Waals surface area (Å²) in [5.41, 5.74) is 3.06. The van der Waals surface area contributed by atoms with Crippen LogP contribution in [0.4, 0.5) is 4.79 Å². The fourth-order valence-corrected chi connectivity index (χ4v) is 2.57. The first kappa shape index (κ1) is 18.1. The number of carbonyl (C=O) groups is 1. The first-order valence-corrected chi connectivity index (χ1v) is 8.32. The van der Waals surface area contributed by atoms with Crippen molar-refractivity contribution in [1.29, 1.82) is 0 Å². The molecule has 0 aliphatic rings. The molecule has 4 nitrogen and oxygen atoms in total. The van der Waals surface area contributed by atoms with Crippen LogP contribution in [0, 0.1) is 13.8 Å². The summed E-state index contributed by atoms with van der Waals surface area (Å²) >= 11 is 6.07. The van der Waals surface area contributed by atoms with Crippen molar-refractivity contribution in [3.63, 3.8) is 0 Å². The van der Waals surface area contributed by atoms with Gasteiger partial charge in [0.25, 0.3) is 0 Å². The molecule has 5 heteroatoms. The largest absolute Gasteiger partial charge is 0.491 e. The van der Waals surface area contributed by atoms with Crippen LogP contribution in [0.1, 0.15) is 23.6 Å². The minimum atomic E-state index is -0.243. The Labute approximate surface area is 148 Å². The second kappa shape index (κ2) is 8.60. The van der Waals surface area contributed by atoms with E-state index in [0.29, 0.717) is 18.2 Å². The van der Waals surface area contributed by atoms with Crippen LogP contribution in [0.5, 0.6) is 5.75 Å². The normalized spacial score (nSPS) is 11.7. The van der Waals surface area contributed by atoms with Crippen molar-refractivity contribution in [3.05, 3.63) is 64.2 Å². The van der Waals surface area contributed by atoms with Crippen molar-refractivity contribution in [2.45, 2.75) is 33.4 Å². The Balaban J connectivity index is 1.78. The summed E-state index contributed by atoms with van der Waals surface area (Å²) in [7, 11) is 0. The number of carbonyl (C=O) groups excluding carboxylic acids is 1. The molecular formula is C19H23ClN2O2. The quantitative estimate of drug-likeness (QED) is 0.822. The van der Waals surface area contributed by atoms with Crippen LogP contribution < -0.4 is 15.4 Å². The smallest absolute Gasteiger partial charge is 0.315 e. The third-order valence-corrected chi connectivity index (χ3v) is 4.03. The molecule has 1 atom stereocenters. The highest BCUT2D eigenvalue weighted by Crippen LogP contribution is 2.22. The number of nitrogens with one attached hydrogen (secondary N) is 2. The highest BCUT2D eigenvalue weighted by Gasteiger charge is 2.10. The van der Waals surface area contributed by atoms with Gasteiger partial charge in [-0.1, -0.05) is 48.0 Å². The lowest BCUT2D eigenvalue weighted by Gasteiger charge is -2.18. The van der Waals surface area contributed by atoms with Crippen LogP contribution in [0.25, 0.3) is 0 Å². The van der Waals surface area contributed by atoms with Gasteiger partial charge in [0.1, 0.15) is 12.4 Å². The van der Waals surface area contributed by atoms with Gasteiger partial charge in [-0.15, -0.1) is 0 Å². The number of ether oxygens (including phenoxy) is 1. The summed E-state index contributed by atoms with van der Waals surface area (Å²) < 4.78 is 5.85. The Morgan fingerprint density at radius 2 is 1.79 bits per heavy atom. The Hall–Kier alpha value is -2.20. The van der Waals surface area contributed by atoms with Crippen molar-refractivity contribution < 1.29 is 9.53 Å². The van der Waals surface area contributed by atoms with E-state index >= 15 is 0 Å². The standard InChI is InChI=1S/C19H23ClN2O2/c1-13-7-6-8-14(2)18(13)24-12-15(3)22-19(23)21-11-16-9-4-5-10-17(16)20/h4-10,15H,11-12H2,1-3H3,(H2,21,22,23). The van der Waals surface area contributed by atoms with E-state index in [2.05, 4.69) is 10.6 Å². The van der Waals surface area contributed by atoms with Gasteiger partial charge in [-0.05, 0) is 43.5 Å². The maximum absolute atomic E-state index is 12.0. The van der Waals surface area contributed by atoms with Crippen LogP contribution in [0.2, 0.25) is 5.02 Å². The molecule has 0 aromatic heterocycles. The minimum absolute atomic E-state index is 0.116. The van der Waals surface area contributed by atoms with Gasteiger partial charge in [-0.3, -0.25) is 0 Å². The first-order valence-electron chi connectivity index (χ1n) is 7.94. The van der Waals surface area contributed by atoms with E-state index in [0.717, 1.165) is 22.4 Å². The second-order valence-electron chi connectivity index (χ2n) is 5.85.